The molecule has 0 bridgehead atoms. The maximum absolute atomic E-state index is 4.51. The van der Waals surface area contributed by atoms with E-state index < -0.39 is 0 Å². The number of hydrogen-bond acceptors (Lipinski definition) is 3. The van der Waals surface area contributed by atoms with Gasteiger partial charge in [-0.25, -0.2) is 0 Å². The fourth-order valence-corrected chi connectivity index (χ4v) is 2.84. The molecule has 1 aromatic heterocycles. The third kappa shape index (κ3) is 1.52. The van der Waals surface area contributed by atoms with Crippen LogP contribution in [0, 0.1) is 0 Å². The van der Waals surface area contributed by atoms with Crippen molar-refractivity contribution in [2.45, 2.75) is 37.0 Å². The quantitative estimate of drug-likeness (QED) is 0.773. The van der Waals surface area contributed by atoms with Crippen molar-refractivity contribution in [2.75, 3.05) is 11.9 Å². The van der Waals surface area contributed by atoms with E-state index in [1.165, 1.54) is 16.4 Å². The molecular weight excluding hydrogens is 194 g/mol. The second-order valence-corrected chi connectivity index (χ2v) is 6.02. The van der Waals surface area contributed by atoms with Crippen molar-refractivity contribution >= 4 is 17.4 Å². The number of fused-ring (bicyclic) bond motifs is 1. The van der Waals surface area contributed by atoms with Crippen LogP contribution in [-0.2, 0) is 13.5 Å². The minimum Gasteiger partial charge on any atom is -0.380 e. The summed E-state index contributed by atoms with van der Waals surface area (Å²) in [6.07, 6.45) is 0.997. The lowest BCUT2D eigenvalue weighted by Gasteiger charge is -2.30. The van der Waals surface area contributed by atoms with Crippen molar-refractivity contribution in [3.63, 3.8) is 0 Å². The number of anilines is 1. The lowest BCUT2D eigenvalue weighted by atomic mass is 10.2. The lowest BCUT2D eigenvalue weighted by molar-refractivity contribution is 0.668. The van der Waals surface area contributed by atoms with Gasteiger partial charge in [-0.05, 0) is 20.3 Å². The van der Waals surface area contributed by atoms with Crippen LogP contribution in [0.4, 0.5) is 5.69 Å². The van der Waals surface area contributed by atoms with Crippen molar-refractivity contribution in [2.24, 2.45) is 7.05 Å². The summed E-state index contributed by atoms with van der Waals surface area (Å²) in [5.41, 5.74) is 2.44. The van der Waals surface area contributed by atoms with Gasteiger partial charge in [0, 0.05) is 18.3 Å². The molecule has 4 heteroatoms. The number of rotatable bonds is 1. The van der Waals surface area contributed by atoms with Crippen LogP contribution in [0.3, 0.4) is 0 Å². The van der Waals surface area contributed by atoms with E-state index in [0.29, 0.717) is 0 Å². The highest BCUT2D eigenvalue weighted by Gasteiger charge is 2.30. The Balaban J connectivity index is 2.43. The normalized spacial score (nSPS) is 18.9. The molecule has 0 unspecified atom stereocenters. The Kier molecular flexibility index (Phi) is 2.26. The fraction of sp³-hybridized carbons (Fsp3) is 0.700. The second-order valence-electron chi connectivity index (χ2n) is 4.32. The van der Waals surface area contributed by atoms with Crippen molar-refractivity contribution in [3.05, 3.63) is 5.69 Å². The fourth-order valence-electron chi connectivity index (χ4n) is 1.70. The van der Waals surface area contributed by atoms with E-state index in [0.717, 1.165) is 13.0 Å². The van der Waals surface area contributed by atoms with Gasteiger partial charge < -0.3 is 5.32 Å². The average Bonchev–Trinajstić information content (AvgIpc) is 2.41. The summed E-state index contributed by atoms with van der Waals surface area (Å²) in [7, 11) is 2.02. The molecule has 1 aliphatic heterocycles. The van der Waals surface area contributed by atoms with Gasteiger partial charge in [-0.15, -0.1) is 0 Å². The predicted molar refractivity (Wildman–Crippen MR) is 61.0 cm³/mol. The molecule has 2 rings (SSSR count). The highest BCUT2D eigenvalue weighted by Crippen LogP contribution is 2.42. The monoisotopic (exact) mass is 211 g/mol. The first-order chi connectivity index (χ1) is 6.53. The molecule has 78 valence electrons. The number of nitrogens with zero attached hydrogens (tertiary/aromatic N) is 2. The van der Waals surface area contributed by atoms with Gasteiger partial charge in [0.2, 0.25) is 0 Å². The maximum atomic E-state index is 4.51. The van der Waals surface area contributed by atoms with Gasteiger partial charge in [0.25, 0.3) is 0 Å². The first-order valence-corrected chi connectivity index (χ1v) is 5.84. The zero-order chi connectivity index (χ0) is 10.3. The van der Waals surface area contributed by atoms with Crippen molar-refractivity contribution in [1.29, 1.82) is 0 Å². The van der Waals surface area contributed by atoms with Crippen LogP contribution in [0.5, 0.6) is 0 Å². The maximum Gasteiger partial charge on any atom is 0.118 e. The SMILES string of the molecule is CCc1nn(C)c2c1NCC(C)(C)S2. The zero-order valence-electron chi connectivity index (χ0n) is 9.22. The molecule has 1 aliphatic rings. The Morgan fingerprint density at radius 3 is 2.93 bits per heavy atom. The Labute approximate surface area is 89.3 Å². The van der Waals surface area contributed by atoms with Crippen LogP contribution in [-0.4, -0.2) is 21.1 Å². The van der Waals surface area contributed by atoms with Crippen LogP contribution in [0.25, 0.3) is 0 Å². The Bertz CT molecular complexity index is 354. The summed E-state index contributed by atoms with van der Waals surface area (Å²) in [4.78, 5) is 0. The second kappa shape index (κ2) is 3.19. The molecule has 3 nitrogen and oxygen atoms in total. The number of hydrogen-bond donors (Lipinski definition) is 1. The minimum absolute atomic E-state index is 0.270. The third-order valence-electron chi connectivity index (χ3n) is 2.47. The van der Waals surface area contributed by atoms with Crippen molar-refractivity contribution in [3.8, 4) is 0 Å². The molecule has 0 fully saturated rings. The van der Waals surface area contributed by atoms with Gasteiger partial charge in [0.1, 0.15) is 5.03 Å². The van der Waals surface area contributed by atoms with E-state index in [9.17, 15) is 0 Å². The Morgan fingerprint density at radius 1 is 1.57 bits per heavy atom. The van der Waals surface area contributed by atoms with Crippen LogP contribution in [0.2, 0.25) is 0 Å². The first-order valence-electron chi connectivity index (χ1n) is 5.02. The smallest absolute Gasteiger partial charge is 0.118 e. The largest absolute Gasteiger partial charge is 0.380 e. The Hall–Kier alpha value is -0.640. The minimum atomic E-state index is 0.270. The molecule has 1 N–H and O–H groups in total. The summed E-state index contributed by atoms with van der Waals surface area (Å²) in [5, 5.41) is 9.27. The highest BCUT2D eigenvalue weighted by molar-refractivity contribution is 8.00. The molecular formula is C10H17N3S. The van der Waals surface area contributed by atoms with Crippen LogP contribution in [0.15, 0.2) is 5.03 Å². The molecule has 0 atom stereocenters. The Morgan fingerprint density at radius 2 is 2.29 bits per heavy atom. The highest BCUT2D eigenvalue weighted by atomic mass is 32.2. The number of thioether (sulfide) groups is 1. The molecule has 0 spiro atoms. The lowest BCUT2D eigenvalue weighted by Crippen LogP contribution is -2.30. The van der Waals surface area contributed by atoms with Gasteiger partial charge in [-0.3, -0.25) is 4.68 Å². The summed E-state index contributed by atoms with van der Waals surface area (Å²) in [6, 6.07) is 0. The van der Waals surface area contributed by atoms with Gasteiger partial charge in [-0.2, -0.15) is 5.10 Å². The van der Waals surface area contributed by atoms with Crippen LogP contribution in [0.1, 0.15) is 26.5 Å². The number of nitrogens with one attached hydrogen (secondary N) is 1. The van der Waals surface area contributed by atoms with E-state index in [4.69, 9.17) is 0 Å². The number of aromatic nitrogens is 2. The average molecular weight is 211 g/mol. The van der Waals surface area contributed by atoms with Crippen LogP contribution >= 0.6 is 11.8 Å². The summed E-state index contributed by atoms with van der Waals surface area (Å²) >= 11 is 1.91. The number of aryl methyl sites for hydroxylation is 2. The molecule has 0 saturated heterocycles. The molecule has 0 radical (unpaired) electrons. The van der Waals surface area contributed by atoms with Crippen molar-refractivity contribution < 1.29 is 0 Å². The van der Waals surface area contributed by atoms with Gasteiger partial charge >= 0.3 is 0 Å². The van der Waals surface area contributed by atoms with Crippen molar-refractivity contribution in [1.82, 2.24) is 9.78 Å². The molecule has 0 aliphatic carbocycles. The van der Waals surface area contributed by atoms with E-state index in [-0.39, 0.29) is 4.75 Å². The summed E-state index contributed by atoms with van der Waals surface area (Å²) in [5.74, 6) is 0. The summed E-state index contributed by atoms with van der Waals surface area (Å²) in [6.45, 7) is 7.68. The predicted octanol–water partition coefficient (Wildman–Crippen LogP) is 2.28. The van der Waals surface area contributed by atoms with Gasteiger partial charge in [0.15, 0.2) is 0 Å². The molecule has 0 amide bonds. The van der Waals surface area contributed by atoms with Gasteiger partial charge in [0.05, 0.1) is 11.4 Å². The van der Waals surface area contributed by atoms with Gasteiger partial charge in [-0.1, -0.05) is 18.7 Å². The molecule has 14 heavy (non-hydrogen) atoms. The van der Waals surface area contributed by atoms with E-state index in [2.05, 4.69) is 31.2 Å². The molecule has 1 aromatic rings. The van der Waals surface area contributed by atoms with E-state index in [1.54, 1.807) is 0 Å². The topological polar surface area (TPSA) is 29.9 Å². The van der Waals surface area contributed by atoms with E-state index in [1.807, 2.05) is 23.5 Å². The zero-order valence-corrected chi connectivity index (χ0v) is 10.0. The molecule has 0 aromatic carbocycles. The third-order valence-corrected chi connectivity index (χ3v) is 3.82. The standard InChI is InChI=1S/C10H17N3S/c1-5-7-8-9(13(4)12-7)14-10(2,3)6-11-8/h11H,5-6H2,1-4H3. The first kappa shape index (κ1) is 9.90. The summed E-state index contributed by atoms with van der Waals surface area (Å²) < 4.78 is 2.26. The van der Waals surface area contributed by atoms with Crippen LogP contribution < -0.4 is 5.32 Å². The van der Waals surface area contributed by atoms with E-state index >= 15 is 0 Å². The molecule has 2 heterocycles. The molecule has 0 saturated carbocycles.